The number of ether oxygens (including phenoxy) is 1. The summed E-state index contributed by atoms with van der Waals surface area (Å²) < 4.78 is 5.79. The Kier molecular flexibility index (Phi) is 3.60. The zero-order valence-electron chi connectivity index (χ0n) is 14.3. The van der Waals surface area contributed by atoms with Crippen LogP contribution in [0.15, 0.2) is 0 Å². The Morgan fingerprint density at radius 3 is 2.17 bits per heavy atom. The van der Waals surface area contributed by atoms with Gasteiger partial charge in [0.1, 0.15) is 6.10 Å². The third kappa shape index (κ3) is 2.59. The van der Waals surface area contributed by atoms with Gasteiger partial charge in [0.2, 0.25) is 0 Å². The van der Waals surface area contributed by atoms with Gasteiger partial charge in [-0.05, 0) is 80.5 Å². The van der Waals surface area contributed by atoms with Crippen LogP contribution in [-0.2, 0) is 4.74 Å². The standard InChI is InChI=1S/C20H31NO2/c22-20-21(12-19(23-20)15-4-2-1-3-5-15)11-18-16-7-13-6-14(9-16)10-17(18)8-13/h13-19H,1-12H2/t13?,14?,16?,17?,18?,19-/m1/s1. The predicted octanol–water partition coefficient (Wildman–Crippen LogP) is 4.46. The minimum Gasteiger partial charge on any atom is -0.444 e. The summed E-state index contributed by atoms with van der Waals surface area (Å²) in [6.45, 7) is 1.88. The highest BCUT2D eigenvalue weighted by atomic mass is 16.6. The summed E-state index contributed by atoms with van der Waals surface area (Å²) in [6.07, 6.45) is 14.1. The molecule has 3 nitrogen and oxygen atoms in total. The highest BCUT2D eigenvalue weighted by molar-refractivity contribution is 5.70. The molecule has 0 aromatic rings. The van der Waals surface area contributed by atoms with Crippen molar-refractivity contribution in [2.75, 3.05) is 13.1 Å². The van der Waals surface area contributed by atoms with Crippen LogP contribution in [0.25, 0.3) is 0 Å². The van der Waals surface area contributed by atoms with Crippen LogP contribution in [0, 0.1) is 35.5 Å². The van der Waals surface area contributed by atoms with E-state index in [2.05, 4.69) is 4.90 Å². The number of hydrogen-bond donors (Lipinski definition) is 0. The van der Waals surface area contributed by atoms with E-state index in [1.54, 1.807) is 0 Å². The van der Waals surface area contributed by atoms with Crippen molar-refractivity contribution < 1.29 is 9.53 Å². The lowest BCUT2D eigenvalue weighted by molar-refractivity contribution is -0.0440. The van der Waals surface area contributed by atoms with Gasteiger partial charge < -0.3 is 9.64 Å². The summed E-state index contributed by atoms with van der Waals surface area (Å²) in [5.74, 6) is 5.28. The molecule has 1 aliphatic heterocycles. The molecule has 1 atom stereocenters. The SMILES string of the molecule is O=C1O[C@@H](C2CCCCC2)CN1CC1C2CC3CC(C2)CC1C3. The summed E-state index contributed by atoms with van der Waals surface area (Å²) in [5, 5.41) is 0. The van der Waals surface area contributed by atoms with E-state index in [9.17, 15) is 4.79 Å². The van der Waals surface area contributed by atoms with Gasteiger partial charge in [0, 0.05) is 6.54 Å². The molecule has 1 saturated heterocycles. The number of cyclic esters (lactones) is 1. The minimum atomic E-state index is -0.00520. The Balaban J connectivity index is 1.23. The molecule has 0 unspecified atom stereocenters. The Morgan fingerprint density at radius 1 is 0.870 bits per heavy atom. The monoisotopic (exact) mass is 317 g/mol. The number of nitrogens with zero attached hydrogens (tertiary/aromatic N) is 1. The van der Waals surface area contributed by atoms with E-state index in [0.717, 1.165) is 42.7 Å². The third-order valence-electron chi connectivity index (χ3n) is 7.94. The second-order valence-corrected chi connectivity index (χ2v) is 9.32. The molecule has 3 heteroatoms. The first-order valence-electron chi connectivity index (χ1n) is 10.2. The smallest absolute Gasteiger partial charge is 0.410 e. The zero-order valence-corrected chi connectivity index (χ0v) is 14.3. The van der Waals surface area contributed by atoms with Crippen molar-refractivity contribution >= 4 is 6.09 Å². The Bertz CT molecular complexity index is 442. The molecule has 4 bridgehead atoms. The predicted molar refractivity (Wildman–Crippen MR) is 89.0 cm³/mol. The second-order valence-electron chi connectivity index (χ2n) is 9.32. The fourth-order valence-electron chi connectivity index (χ4n) is 7.02. The first-order valence-corrected chi connectivity index (χ1v) is 10.2. The van der Waals surface area contributed by atoms with E-state index in [1.165, 1.54) is 64.2 Å². The molecule has 23 heavy (non-hydrogen) atoms. The Labute approximate surface area is 140 Å². The van der Waals surface area contributed by atoms with Crippen LogP contribution in [0.5, 0.6) is 0 Å². The van der Waals surface area contributed by atoms with E-state index < -0.39 is 0 Å². The average molecular weight is 317 g/mol. The topological polar surface area (TPSA) is 29.5 Å². The summed E-state index contributed by atoms with van der Waals surface area (Å²) in [5.41, 5.74) is 0. The van der Waals surface area contributed by atoms with Gasteiger partial charge in [0.25, 0.3) is 0 Å². The number of carbonyl (C=O) groups excluding carboxylic acids is 1. The number of hydrogen-bond acceptors (Lipinski definition) is 2. The maximum absolute atomic E-state index is 12.4. The van der Waals surface area contributed by atoms with Crippen molar-refractivity contribution in [3.05, 3.63) is 0 Å². The van der Waals surface area contributed by atoms with Gasteiger partial charge in [0.05, 0.1) is 6.54 Å². The Morgan fingerprint density at radius 2 is 1.52 bits per heavy atom. The molecule has 1 amide bonds. The van der Waals surface area contributed by atoms with Crippen molar-refractivity contribution in [1.29, 1.82) is 0 Å². The molecule has 6 fully saturated rings. The van der Waals surface area contributed by atoms with Crippen LogP contribution in [-0.4, -0.2) is 30.2 Å². The summed E-state index contributed by atoms with van der Waals surface area (Å²) in [4.78, 5) is 14.5. The molecule has 6 rings (SSSR count). The van der Waals surface area contributed by atoms with Crippen LogP contribution < -0.4 is 0 Å². The molecule has 0 aromatic carbocycles. The van der Waals surface area contributed by atoms with E-state index in [0.29, 0.717) is 5.92 Å². The third-order valence-corrected chi connectivity index (χ3v) is 7.94. The molecule has 1 heterocycles. The van der Waals surface area contributed by atoms with Gasteiger partial charge in [-0.3, -0.25) is 0 Å². The molecule has 0 radical (unpaired) electrons. The van der Waals surface area contributed by atoms with Gasteiger partial charge in [-0.15, -0.1) is 0 Å². The fraction of sp³-hybridized carbons (Fsp3) is 0.950. The number of rotatable bonds is 3. The van der Waals surface area contributed by atoms with Crippen LogP contribution in [0.3, 0.4) is 0 Å². The lowest BCUT2D eigenvalue weighted by Crippen LogP contribution is -2.49. The number of carbonyl (C=O) groups is 1. The first kappa shape index (κ1) is 14.6. The summed E-state index contributed by atoms with van der Waals surface area (Å²) >= 11 is 0. The normalized spacial score (nSPS) is 46.4. The molecule has 128 valence electrons. The van der Waals surface area contributed by atoms with Crippen LogP contribution in [0.1, 0.15) is 64.2 Å². The van der Waals surface area contributed by atoms with Gasteiger partial charge in [-0.25, -0.2) is 4.79 Å². The lowest BCUT2D eigenvalue weighted by Gasteiger charge is -2.55. The van der Waals surface area contributed by atoms with Crippen molar-refractivity contribution in [3.63, 3.8) is 0 Å². The first-order chi connectivity index (χ1) is 11.3. The quantitative estimate of drug-likeness (QED) is 0.769. The number of amides is 1. The minimum absolute atomic E-state index is 0.00520. The molecule has 0 aromatic heterocycles. The van der Waals surface area contributed by atoms with Gasteiger partial charge in [0.15, 0.2) is 0 Å². The molecular weight excluding hydrogens is 286 g/mol. The van der Waals surface area contributed by atoms with Gasteiger partial charge in [-0.1, -0.05) is 19.3 Å². The highest BCUT2D eigenvalue weighted by Gasteiger charge is 2.49. The van der Waals surface area contributed by atoms with Crippen molar-refractivity contribution in [2.24, 2.45) is 35.5 Å². The van der Waals surface area contributed by atoms with E-state index in [4.69, 9.17) is 4.74 Å². The average Bonchev–Trinajstić information content (AvgIpc) is 2.92. The molecular formula is C20H31NO2. The second kappa shape index (κ2) is 5.67. The van der Waals surface area contributed by atoms with Crippen molar-refractivity contribution in [1.82, 2.24) is 4.90 Å². The van der Waals surface area contributed by atoms with Crippen LogP contribution >= 0.6 is 0 Å². The van der Waals surface area contributed by atoms with Crippen molar-refractivity contribution in [2.45, 2.75) is 70.3 Å². The van der Waals surface area contributed by atoms with Crippen LogP contribution in [0.4, 0.5) is 4.79 Å². The summed E-state index contributed by atoms with van der Waals surface area (Å²) in [6, 6.07) is 0. The molecule has 5 saturated carbocycles. The van der Waals surface area contributed by atoms with Gasteiger partial charge in [-0.2, -0.15) is 0 Å². The van der Waals surface area contributed by atoms with E-state index in [1.807, 2.05) is 0 Å². The van der Waals surface area contributed by atoms with Gasteiger partial charge >= 0.3 is 6.09 Å². The zero-order chi connectivity index (χ0) is 15.4. The maximum atomic E-state index is 12.4. The largest absolute Gasteiger partial charge is 0.444 e. The van der Waals surface area contributed by atoms with E-state index >= 15 is 0 Å². The molecule has 5 aliphatic carbocycles. The molecule has 6 aliphatic rings. The maximum Gasteiger partial charge on any atom is 0.410 e. The lowest BCUT2D eigenvalue weighted by atomic mass is 9.52. The summed E-state index contributed by atoms with van der Waals surface area (Å²) in [7, 11) is 0. The fourth-order valence-corrected chi connectivity index (χ4v) is 7.02. The molecule has 0 N–H and O–H groups in total. The van der Waals surface area contributed by atoms with E-state index in [-0.39, 0.29) is 12.2 Å². The highest BCUT2D eigenvalue weighted by Crippen LogP contribution is 2.56. The van der Waals surface area contributed by atoms with Crippen LogP contribution in [0.2, 0.25) is 0 Å². The molecule has 0 spiro atoms. The van der Waals surface area contributed by atoms with Crippen molar-refractivity contribution in [3.8, 4) is 0 Å². The Hall–Kier alpha value is -0.730.